The minimum atomic E-state index is 0.795. The molecule has 3 aromatic rings. The second-order valence-corrected chi connectivity index (χ2v) is 6.13. The summed E-state index contributed by atoms with van der Waals surface area (Å²) >= 11 is 0. The zero-order valence-corrected chi connectivity index (χ0v) is 14.7. The number of nitrogens with one attached hydrogen (secondary N) is 1. The van der Waals surface area contributed by atoms with E-state index in [2.05, 4.69) is 34.5 Å². The first kappa shape index (κ1) is 16.3. The number of hydrogen-bond donors (Lipinski definition) is 1. The maximum Gasteiger partial charge on any atom is 0.147 e. The van der Waals surface area contributed by atoms with Crippen molar-refractivity contribution in [1.29, 1.82) is 0 Å². The Morgan fingerprint density at radius 2 is 2.00 bits per heavy atom. The van der Waals surface area contributed by atoms with Gasteiger partial charge in [0.05, 0.1) is 25.2 Å². The Bertz CT molecular complexity index is 820. The van der Waals surface area contributed by atoms with Gasteiger partial charge in [0.25, 0.3) is 0 Å². The van der Waals surface area contributed by atoms with Gasteiger partial charge in [0.2, 0.25) is 0 Å². The molecule has 0 amide bonds. The number of methoxy groups -OCH3 is 1. The highest BCUT2D eigenvalue weighted by atomic mass is 16.5. The van der Waals surface area contributed by atoms with Gasteiger partial charge in [-0.2, -0.15) is 10.2 Å². The number of pyridine rings is 1. The molecule has 0 aliphatic rings. The zero-order valence-electron chi connectivity index (χ0n) is 14.7. The molecule has 3 heterocycles. The number of rotatable bonds is 7. The molecule has 1 N–H and O–H groups in total. The molecule has 0 unspecified atom stereocenters. The summed E-state index contributed by atoms with van der Waals surface area (Å²) in [6.45, 7) is 1.95. The average molecular weight is 328 g/mol. The molecule has 7 heteroatoms. The van der Waals surface area contributed by atoms with Crippen molar-refractivity contribution in [3.05, 3.63) is 30.9 Å². The second kappa shape index (κ2) is 6.92. The fraction of sp³-hybridized carbons (Fsp3) is 0.412. The highest BCUT2D eigenvalue weighted by molar-refractivity contribution is 5.81. The normalized spacial score (nSPS) is 11.4. The summed E-state index contributed by atoms with van der Waals surface area (Å²) in [5.74, 6) is 0.795. The summed E-state index contributed by atoms with van der Waals surface area (Å²) in [6.07, 6.45) is 8.73. The third-order valence-corrected chi connectivity index (χ3v) is 3.93. The van der Waals surface area contributed by atoms with E-state index in [1.54, 1.807) is 11.8 Å². The van der Waals surface area contributed by atoms with Crippen LogP contribution >= 0.6 is 0 Å². The van der Waals surface area contributed by atoms with Gasteiger partial charge in [-0.05, 0) is 33.1 Å². The SMILES string of the molecule is COc1cc(-c2cnn(C)c2)cn2ncc(NCCCN(C)C)c12. The van der Waals surface area contributed by atoms with Gasteiger partial charge in [-0.1, -0.05) is 0 Å². The first-order chi connectivity index (χ1) is 11.6. The smallest absolute Gasteiger partial charge is 0.147 e. The van der Waals surface area contributed by atoms with Gasteiger partial charge >= 0.3 is 0 Å². The van der Waals surface area contributed by atoms with Crippen molar-refractivity contribution in [3.63, 3.8) is 0 Å². The van der Waals surface area contributed by atoms with Gasteiger partial charge in [-0.25, -0.2) is 4.52 Å². The van der Waals surface area contributed by atoms with E-state index in [4.69, 9.17) is 4.74 Å². The minimum Gasteiger partial charge on any atom is -0.494 e. The van der Waals surface area contributed by atoms with Gasteiger partial charge in [-0.15, -0.1) is 0 Å². The first-order valence-corrected chi connectivity index (χ1v) is 8.01. The molecule has 0 aliphatic heterocycles. The molecule has 3 rings (SSSR count). The molecule has 0 radical (unpaired) electrons. The van der Waals surface area contributed by atoms with E-state index in [0.717, 1.165) is 47.6 Å². The lowest BCUT2D eigenvalue weighted by Gasteiger charge is -2.11. The van der Waals surface area contributed by atoms with E-state index >= 15 is 0 Å². The fourth-order valence-corrected chi connectivity index (χ4v) is 2.72. The van der Waals surface area contributed by atoms with Crippen LogP contribution in [0.1, 0.15) is 6.42 Å². The Kier molecular flexibility index (Phi) is 4.71. The Balaban J connectivity index is 1.88. The van der Waals surface area contributed by atoms with E-state index in [1.807, 2.05) is 42.4 Å². The maximum atomic E-state index is 5.60. The molecule has 0 saturated heterocycles. The van der Waals surface area contributed by atoms with Crippen LogP contribution in [0.25, 0.3) is 16.6 Å². The van der Waals surface area contributed by atoms with Crippen molar-refractivity contribution < 1.29 is 4.74 Å². The average Bonchev–Trinajstić information content (AvgIpc) is 3.17. The summed E-state index contributed by atoms with van der Waals surface area (Å²) in [5.41, 5.74) is 4.00. The van der Waals surface area contributed by atoms with Gasteiger partial charge in [-0.3, -0.25) is 4.68 Å². The molecule has 0 bridgehead atoms. The predicted molar refractivity (Wildman–Crippen MR) is 95.6 cm³/mol. The molecule has 0 aromatic carbocycles. The standard InChI is InChI=1S/C17H24N6O/c1-21(2)7-5-6-18-15-10-20-23-12-13(8-16(24-4)17(15)23)14-9-19-22(3)11-14/h8-12,18H,5-7H2,1-4H3. The predicted octanol–water partition coefficient (Wildman–Crippen LogP) is 2.11. The lowest BCUT2D eigenvalue weighted by Crippen LogP contribution is -2.16. The van der Waals surface area contributed by atoms with Crippen LogP contribution in [-0.4, -0.2) is 58.6 Å². The summed E-state index contributed by atoms with van der Waals surface area (Å²) in [5, 5.41) is 12.2. The Labute approximate surface area is 141 Å². The Hall–Kier alpha value is -2.54. The van der Waals surface area contributed by atoms with Crippen LogP contribution in [-0.2, 0) is 7.05 Å². The molecule has 24 heavy (non-hydrogen) atoms. The number of aromatic nitrogens is 4. The quantitative estimate of drug-likeness (QED) is 0.673. The number of ether oxygens (including phenoxy) is 1. The van der Waals surface area contributed by atoms with Crippen molar-refractivity contribution in [2.45, 2.75) is 6.42 Å². The summed E-state index contributed by atoms with van der Waals surface area (Å²) < 4.78 is 9.24. The Morgan fingerprint density at radius 3 is 2.67 bits per heavy atom. The number of aryl methyl sites for hydroxylation is 1. The molecule has 0 saturated carbocycles. The van der Waals surface area contributed by atoms with Crippen LogP contribution in [0.3, 0.4) is 0 Å². The highest BCUT2D eigenvalue weighted by Crippen LogP contribution is 2.31. The van der Waals surface area contributed by atoms with Gasteiger partial charge < -0.3 is 15.0 Å². The number of nitrogens with zero attached hydrogens (tertiary/aromatic N) is 5. The topological polar surface area (TPSA) is 59.6 Å². The van der Waals surface area contributed by atoms with E-state index in [-0.39, 0.29) is 0 Å². The number of fused-ring (bicyclic) bond motifs is 1. The first-order valence-electron chi connectivity index (χ1n) is 8.01. The highest BCUT2D eigenvalue weighted by Gasteiger charge is 2.13. The molecular weight excluding hydrogens is 304 g/mol. The number of hydrogen-bond acceptors (Lipinski definition) is 5. The van der Waals surface area contributed by atoms with Crippen LogP contribution in [0.5, 0.6) is 5.75 Å². The Morgan fingerprint density at radius 1 is 1.17 bits per heavy atom. The minimum absolute atomic E-state index is 0.795. The molecule has 0 spiro atoms. The van der Waals surface area contributed by atoms with Gasteiger partial charge in [0.1, 0.15) is 11.3 Å². The second-order valence-electron chi connectivity index (χ2n) is 6.13. The van der Waals surface area contributed by atoms with Crippen LogP contribution in [0.15, 0.2) is 30.9 Å². The van der Waals surface area contributed by atoms with Crippen LogP contribution in [0, 0.1) is 0 Å². The monoisotopic (exact) mass is 328 g/mol. The molecular formula is C17H24N6O. The molecule has 0 aliphatic carbocycles. The van der Waals surface area contributed by atoms with Crippen LogP contribution < -0.4 is 10.1 Å². The van der Waals surface area contributed by atoms with Crippen molar-refractivity contribution in [2.24, 2.45) is 7.05 Å². The lowest BCUT2D eigenvalue weighted by molar-refractivity contribution is 0.405. The maximum absolute atomic E-state index is 5.60. The lowest BCUT2D eigenvalue weighted by atomic mass is 10.1. The van der Waals surface area contributed by atoms with E-state index in [1.165, 1.54) is 0 Å². The third kappa shape index (κ3) is 3.35. The van der Waals surface area contributed by atoms with E-state index < -0.39 is 0 Å². The summed E-state index contributed by atoms with van der Waals surface area (Å²) in [7, 11) is 7.75. The largest absolute Gasteiger partial charge is 0.494 e. The molecule has 0 fully saturated rings. The van der Waals surface area contributed by atoms with Crippen LogP contribution in [0.2, 0.25) is 0 Å². The molecule has 3 aromatic heterocycles. The molecule has 7 nitrogen and oxygen atoms in total. The fourth-order valence-electron chi connectivity index (χ4n) is 2.72. The van der Waals surface area contributed by atoms with Crippen molar-refractivity contribution in [2.75, 3.05) is 39.6 Å². The molecule has 0 atom stereocenters. The summed E-state index contributed by atoms with van der Waals surface area (Å²) in [4.78, 5) is 2.18. The number of anilines is 1. The molecule has 128 valence electrons. The van der Waals surface area contributed by atoms with Crippen molar-refractivity contribution in [1.82, 2.24) is 24.3 Å². The zero-order chi connectivity index (χ0) is 17.1. The van der Waals surface area contributed by atoms with Crippen LogP contribution in [0.4, 0.5) is 5.69 Å². The van der Waals surface area contributed by atoms with E-state index in [0.29, 0.717) is 0 Å². The van der Waals surface area contributed by atoms with E-state index in [9.17, 15) is 0 Å². The summed E-state index contributed by atoms with van der Waals surface area (Å²) in [6, 6.07) is 2.03. The van der Waals surface area contributed by atoms with Crippen molar-refractivity contribution >= 4 is 11.2 Å². The van der Waals surface area contributed by atoms with Gasteiger partial charge in [0, 0.05) is 37.1 Å². The van der Waals surface area contributed by atoms with Gasteiger partial charge in [0.15, 0.2) is 0 Å². The van der Waals surface area contributed by atoms with Crippen molar-refractivity contribution in [3.8, 4) is 16.9 Å². The third-order valence-electron chi connectivity index (χ3n) is 3.93.